The van der Waals surface area contributed by atoms with E-state index < -0.39 is 0 Å². The third-order valence-electron chi connectivity index (χ3n) is 3.77. The van der Waals surface area contributed by atoms with E-state index in [-0.39, 0.29) is 24.0 Å². The molecule has 2 rings (SSSR count). The van der Waals surface area contributed by atoms with Crippen molar-refractivity contribution in [2.24, 2.45) is 10.7 Å². The third-order valence-corrected chi connectivity index (χ3v) is 3.77. The molecule has 0 fully saturated rings. The van der Waals surface area contributed by atoms with Gasteiger partial charge in [0.05, 0.1) is 27.9 Å². The maximum atomic E-state index is 5.93. The molecule has 0 aliphatic carbocycles. The molecule has 26 heavy (non-hydrogen) atoms. The molecule has 0 bridgehead atoms. The van der Waals surface area contributed by atoms with Gasteiger partial charge in [-0.25, -0.2) is 4.99 Å². The van der Waals surface area contributed by atoms with E-state index in [4.69, 9.17) is 19.9 Å². The normalized spacial score (nSPS) is 10.7. The van der Waals surface area contributed by atoms with E-state index in [1.54, 1.807) is 21.3 Å². The van der Waals surface area contributed by atoms with Crippen molar-refractivity contribution < 1.29 is 14.2 Å². The van der Waals surface area contributed by atoms with E-state index in [1.165, 1.54) is 0 Å². The first-order valence-corrected chi connectivity index (χ1v) is 8.04. The highest BCUT2D eigenvalue weighted by Gasteiger charge is 2.04. The van der Waals surface area contributed by atoms with Crippen LogP contribution in [0.3, 0.4) is 0 Å². The molecule has 0 spiro atoms. The number of para-hydroxylation sites is 1. The second kappa shape index (κ2) is 11.5. The molecule has 0 atom stereocenters. The fraction of sp³-hybridized carbons (Fsp3) is 0.316. The Bertz CT molecular complexity index is 723. The Morgan fingerprint density at radius 3 is 2.35 bits per heavy atom. The summed E-state index contributed by atoms with van der Waals surface area (Å²) in [4.78, 5) is 4.35. The van der Waals surface area contributed by atoms with Gasteiger partial charge in [-0.15, -0.1) is 24.0 Å². The van der Waals surface area contributed by atoms with Crippen molar-refractivity contribution >= 4 is 29.9 Å². The number of halogens is 1. The first kappa shape index (κ1) is 21.9. The number of hydrogen-bond acceptors (Lipinski definition) is 4. The van der Waals surface area contributed by atoms with Gasteiger partial charge in [0, 0.05) is 6.54 Å². The van der Waals surface area contributed by atoms with Crippen LogP contribution in [-0.4, -0.2) is 33.8 Å². The molecule has 0 heterocycles. The van der Waals surface area contributed by atoms with Gasteiger partial charge in [-0.05, 0) is 35.7 Å². The summed E-state index contributed by atoms with van der Waals surface area (Å²) >= 11 is 0. The smallest absolute Gasteiger partial charge is 0.188 e. The minimum atomic E-state index is 0. The Labute approximate surface area is 171 Å². The SMILES string of the molecule is COc1ccccc1CCNC(N)=NCc1ccc(OC)c(OC)c1.I. The summed E-state index contributed by atoms with van der Waals surface area (Å²) < 4.78 is 15.8. The lowest BCUT2D eigenvalue weighted by molar-refractivity contribution is 0.354. The Hall–Kier alpha value is -2.16. The predicted octanol–water partition coefficient (Wildman–Crippen LogP) is 2.98. The number of ether oxygens (including phenoxy) is 3. The van der Waals surface area contributed by atoms with Gasteiger partial charge in [0.15, 0.2) is 17.5 Å². The molecule has 0 radical (unpaired) electrons. The Morgan fingerprint density at radius 2 is 1.65 bits per heavy atom. The molecule has 6 nitrogen and oxygen atoms in total. The molecule has 7 heteroatoms. The van der Waals surface area contributed by atoms with Crippen molar-refractivity contribution in [2.45, 2.75) is 13.0 Å². The van der Waals surface area contributed by atoms with Gasteiger partial charge in [-0.2, -0.15) is 0 Å². The third kappa shape index (κ3) is 6.29. The maximum Gasteiger partial charge on any atom is 0.188 e. The zero-order valence-corrected chi connectivity index (χ0v) is 17.7. The molecule has 0 aliphatic rings. The predicted molar refractivity (Wildman–Crippen MR) is 115 cm³/mol. The number of guanidine groups is 1. The van der Waals surface area contributed by atoms with Crippen LogP contribution >= 0.6 is 24.0 Å². The van der Waals surface area contributed by atoms with E-state index in [9.17, 15) is 0 Å². The summed E-state index contributed by atoms with van der Waals surface area (Å²) in [5.41, 5.74) is 8.06. The van der Waals surface area contributed by atoms with Crippen LogP contribution < -0.4 is 25.3 Å². The molecule has 0 unspecified atom stereocenters. The van der Waals surface area contributed by atoms with Crippen molar-refractivity contribution in [1.29, 1.82) is 0 Å². The van der Waals surface area contributed by atoms with Crippen molar-refractivity contribution in [3.05, 3.63) is 53.6 Å². The largest absolute Gasteiger partial charge is 0.496 e. The Kier molecular flexibility index (Phi) is 9.64. The number of rotatable bonds is 8. The molecular formula is C19H26IN3O3. The highest BCUT2D eigenvalue weighted by Crippen LogP contribution is 2.27. The first-order valence-electron chi connectivity index (χ1n) is 8.04. The molecule has 0 saturated heterocycles. The molecule has 2 aromatic rings. The Balaban J connectivity index is 0.00000338. The fourth-order valence-electron chi connectivity index (χ4n) is 2.45. The van der Waals surface area contributed by atoms with Crippen LogP contribution in [0.2, 0.25) is 0 Å². The molecular weight excluding hydrogens is 445 g/mol. The maximum absolute atomic E-state index is 5.93. The standard InChI is InChI=1S/C19H25N3O3.HI/c1-23-16-7-5-4-6-15(16)10-11-21-19(20)22-13-14-8-9-17(24-2)18(12-14)25-3;/h4-9,12H,10-11,13H2,1-3H3,(H3,20,21,22);1H. The number of hydrogen-bond donors (Lipinski definition) is 2. The van der Waals surface area contributed by atoms with Gasteiger partial charge in [0.25, 0.3) is 0 Å². The number of aliphatic imine (C=N–C) groups is 1. The van der Waals surface area contributed by atoms with Crippen LogP contribution in [0.25, 0.3) is 0 Å². The zero-order chi connectivity index (χ0) is 18.1. The number of methoxy groups -OCH3 is 3. The summed E-state index contributed by atoms with van der Waals surface area (Å²) in [6.07, 6.45) is 0.802. The van der Waals surface area contributed by atoms with Crippen molar-refractivity contribution in [2.75, 3.05) is 27.9 Å². The quantitative estimate of drug-likeness (QED) is 0.352. The lowest BCUT2D eigenvalue weighted by Gasteiger charge is -2.10. The summed E-state index contributed by atoms with van der Waals surface area (Å²) in [6, 6.07) is 13.6. The van der Waals surface area contributed by atoms with Crippen LogP contribution in [0.5, 0.6) is 17.2 Å². The van der Waals surface area contributed by atoms with Crippen molar-refractivity contribution in [1.82, 2.24) is 5.32 Å². The number of nitrogens with one attached hydrogen (secondary N) is 1. The lowest BCUT2D eigenvalue weighted by Crippen LogP contribution is -2.33. The summed E-state index contributed by atoms with van der Waals surface area (Å²) in [6.45, 7) is 1.15. The van der Waals surface area contributed by atoms with Crippen LogP contribution in [0, 0.1) is 0 Å². The lowest BCUT2D eigenvalue weighted by atomic mass is 10.1. The summed E-state index contributed by atoms with van der Waals surface area (Å²) in [5.74, 6) is 2.66. The molecule has 0 aliphatic heterocycles. The van der Waals surface area contributed by atoms with Crippen molar-refractivity contribution in [3.8, 4) is 17.2 Å². The minimum absolute atomic E-state index is 0. The van der Waals surface area contributed by atoms with Gasteiger partial charge in [-0.3, -0.25) is 0 Å². The highest BCUT2D eigenvalue weighted by molar-refractivity contribution is 14.0. The van der Waals surface area contributed by atoms with Gasteiger partial charge < -0.3 is 25.3 Å². The van der Waals surface area contributed by atoms with E-state index in [1.807, 2.05) is 42.5 Å². The zero-order valence-electron chi connectivity index (χ0n) is 15.3. The molecule has 3 N–H and O–H groups in total. The van der Waals surface area contributed by atoms with Gasteiger partial charge in [0.1, 0.15) is 5.75 Å². The van der Waals surface area contributed by atoms with Gasteiger partial charge in [-0.1, -0.05) is 24.3 Å². The first-order chi connectivity index (χ1) is 12.2. The average molecular weight is 471 g/mol. The van der Waals surface area contributed by atoms with E-state index in [0.29, 0.717) is 30.5 Å². The summed E-state index contributed by atoms with van der Waals surface area (Å²) in [5, 5.41) is 3.12. The second-order valence-electron chi connectivity index (χ2n) is 5.38. The summed E-state index contributed by atoms with van der Waals surface area (Å²) in [7, 11) is 4.89. The van der Waals surface area contributed by atoms with E-state index in [0.717, 1.165) is 23.3 Å². The van der Waals surface area contributed by atoms with Crippen LogP contribution in [0.15, 0.2) is 47.5 Å². The molecule has 0 saturated carbocycles. The van der Waals surface area contributed by atoms with Crippen molar-refractivity contribution in [3.63, 3.8) is 0 Å². The Morgan fingerprint density at radius 1 is 0.962 bits per heavy atom. The van der Waals surface area contributed by atoms with Gasteiger partial charge in [0.2, 0.25) is 0 Å². The number of benzene rings is 2. The number of nitrogens with two attached hydrogens (primary N) is 1. The number of nitrogens with zero attached hydrogens (tertiary/aromatic N) is 1. The van der Waals surface area contributed by atoms with Crippen LogP contribution in [-0.2, 0) is 13.0 Å². The minimum Gasteiger partial charge on any atom is -0.496 e. The second-order valence-corrected chi connectivity index (χ2v) is 5.38. The fourth-order valence-corrected chi connectivity index (χ4v) is 2.45. The molecule has 142 valence electrons. The van der Waals surface area contributed by atoms with Crippen LogP contribution in [0.1, 0.15) is 11.1 Å². The molecule has 0 aromatic heterocycles. The van der Waals surface area contributed by atoms with Gasteiger partial charge >= 0.3 is 0 Å². The van der Waals surface area contributed by atoms with E-state index in [2.05, 4.69) is 10.3 Å². The van der Waals surface area contributed by atoms with E-state index >= 15 is 0 Å². The van der Waals surface area contributed by atoms with Crippen LogP contribution in [0.4, 0.5) is 0 Å². The monoisotopic (exact) mass is 471 g/mol. The topological polar surface area (TPSA) is 78.1 Å². The highest BCUT2D eigenvalue weighted by atomic mass is 127. The molecule has 0 amide bonds. The average Bonchev–Trinajstić information content (AvgIpc) is 2.66. The molecule has 2 aromatic carbocycles.